The fourth-order valence-electron chi connectivity index (χ4n) is 2.67. The fourth-order valence-corrected chi connectivity index (χ4v) is 3.65. The lowest BCUT2D eigenvalue weighted by molar-refractivity contribution is 0.0943. The third-order valence-electron chi connectivity index (χ3n) is 4.01. The molecule has 2 aromatic rings. The van der Waals surface area contributed by atoms with E-state index in [2.05, 4.69) is 19.2 Å². The van der Waals surface area contributed by atoms with E-state index in [4.69, 9.17) is 9.47 Å². The largest absolute Gasteiger partial charge is 0.497 e. The van der Waals surface area contributed by atoms with Gasteiger partial charge in [0.1, 0.15) is 11.5 Å². The van der Waals surface area contributed by atoms with Crippen LogP contribution >= 0.6 is 11.3 Å². The first-order valence-electron chi connectivity index (χ1n) is 8.12. The molecule has 0 saturated heterocycles. The van der Waals surface area contributed by atoms with Gasteiger partial charge in [0.25, 0.3) is 5.91 Å². The minimum Gasteiger partial charge on any atom is -0.497 e. The molecule has 1 unspecified atom stereocenters. The van der Waals surface area contributed by atoms with E-state index in [9.17, 15) is 4.79 Å². The van der Waals surface area contributed by atoms with Gasteiger partial charge in [0.2, 0.25) is 0 Å². The molecule has 0 spiro atoms. The molecule has 0 radical (unpaired) electrons. The van der Waals surface area contributed by atoms with Crippen molar-refractivity contribution in [3.05, 3.63) is 45.1 Å². The summed E-state index contributed by atoms with van der Waals surface area (Å²) < 4.78 is 10.7. The van der Waals surface area contributed by atoms with Gasteiger partial charge < -0.3 is 14.8 Å². The highest BCUT2D eigenvalue weighted by Crippen LogP contribution is 2.30. The molecule has 1 atom stereocenters. The van der Waals surface area contributed by atoms with Crippen molar-refractivity contribution in [2.75, 3.05) is 14.2 Å². The van der Waals surface area contributed by atoms with Crippen molar-refractivity contribution < 1.29 is 14.3 Å². The van der Waals surface area contributed by atoms with Gasteiger partial charge in [-0.3, -0.25) is 4.79 Å². The second-order valence-electron chi connectivity index (χ2n) is 5.75. The maximum Gasteiger partial charge on any atom is 0.261 e. The summed E-state index contributed by atoms with van der Waals surface area (Å²) in [7, 11) is 3.25. The molecule has 1 aromatic carbocycles. The number of ether oxygens (including phenoxy) is 2. The quantitative estimate of drug-likeness (QED) is 0.801. The van der Waals surface area contributed by atoms with E-state index in [1.807, 2.05) is 31.2 Å². The van der Waals surface area contributed by atoms with Crippen molar-refractivity contribution in [2.24, 2.45) is 0 Å². The van der Waals surface area contributed by atoms with Gasteiger partial charge in [-0.15, -0.1) is 11.3 Å². The van der Waals surface area contributed by atoms with Crippen molar-refractivity contribution in [1.29, 1.82) is 0 Å². The SMILES string of the molecule is CCCc1cc(C(=O)NC(C)c2cc(OC)ccc2OC)sc1C. The van der Waals surface area contributed by atoms with Crippen LogP contribution in [0.15, 0.2) is 24.3 Å². The molecule has 1 N–H and O–H groups in total. The molecule has 5 heteroatoms. The number of benzene rings is 1. The van der Waals surface area contributed by atoms with Crippen LogP contribution in [0, 0.1) is 6.92 Å². The maximum atomic E-state index is 12.6. The zero-order valence-electron chi connectivity index (χ0n) is 14.9. The van der Waals surface area contributed by atoms with Gasteiger partial charge in [-0.05, 0) is 50.1 Å². The number of nitrogens with one attached hydrogen (secondary N) is 1. The summed E-state index contributed by atoms with van der Waals surface area (Å²) in [6, 6.07) is 7.42. The number of hydrogen-bond acceptors (Lipinski definition) is 4. The first-order valence-corrected chi connectivity index (χ1v) is 8.93. The zero-order chi connectivity index (χ0) is 17.7. The molecular weight excluding hydrogens is 322 g/mol. The van der Waals surface area contributed by atoms with Crippen LogP contribution in [-0.4, -0.2) is 20.1 Å². The number of hydrogen-bond donors (Lipinski definition) is 1. The van der Waals surface area contributed by atoms with Crippen molar-refractivity contribution in [2.45, 2.75) is 39.7 Å². The molecule has 1 heterocycles. The van der Waals surface area contributed by atoms with Crippen LogP contribution in [0.2, 0.25) is 0 Å². The Morgan fingerprint density at radius 1 is 1.25 bits per heavy atom. The molecule has 0 bridgehead atoms. The number of amides is 1. The zero-order valence-corrected chi connectivity index (χ0v) is 15.8. The molecule has 2 rings (SSSR count). The van der Waals surface area contributed by atoms with E-state index in [1.165, 1.54) is 10.4 Å². The topological polar surface area (TPSA) is 47.6 Å². The van der Waals surface area contributed by atoms with E-state index in [-0.39, 0.29) is 11.9 Å². The smallest absolute Gasteiger partial charge is 0.261 e. The number of thiophene rings is 1. The van der Waals surface area contributed by atoms with E-state index in [0.29, 0.717) is 0 Å². The Labute approximate surface area is 147 Å². The minimum atomic E-state index is -0.181. The highest BCUT2D eigenvalue weighted by Gasteiger charge is 2.18. The second kappa shape index (κ2) is 8.20. The third kappa shape index (κ3) is 4.09. The Morgan fingerprint density at radius 2 is 2.00 bits per heavy atom. The van der Waals surface area contributed by atoms with Gasteiger partial charge in [-0.2, -0.15) is 0 Å². The van der Waals surface area contributed by atoms with Gasteiger partial charge >= 0.3 is 0 Å². The van der Waals surface area contributed by atoms with Gasteiger partial charge in [0, 0.05) is 10.4 Å². The molecule has 1 amide bonds. The van der Waals surface area contributed by atoms with Crippen LogP contribution in [0.25, 0.3) is 0 Å². The summed E-state index contributed by atoms with van der Waals surface area (Å²) in [4.78, 5) is 14.6. The van der Waals surface area contributed by atoms with Crippen LogP contribution in [-0.2, 0) is 6.42 Å². The Morgan fingerprint density at radius 3 is 2.62 bits per heavy atom. The Balaban J connectivity index is 2.18. The predicted octanol–water partition coefficient (Wildman–Crippen LogP) is 4.52. The Hall–Kier alpha value is -2.01. The van der Waals surface area contributed by atoms with Gasteiger partial charge in [-0.25, -0.2) is 0 Å². The third-order valence-corrected chi connectivity index (χ3v) is 5.11. The van der Waals surface area contributed by atoms with Crippen molar-refractivity contribution >= 4 is 17.2 Å². The van der Waals surface area contributed by atoms with Gasteiger partial charge in [0.05, 0.1) is 25.1 Å². The minimum absolute atomic E-state index is 0.0529. The molecule has 4 nitrogen and oxygen atoms in total. The fraction of sp³-hybridized carbons (Fsp3) is 0.421. The Bertz CT molecular complexity index is 709. The summed E-state index contributed by atoms with van der Waals surface area (Å²) >= 11 is 1.55. The molecule has 130 valence electrons. The van der Waals surface area contributed by atoms with E-state index >= 15 is 0 Å². The van der Waals surface area contributed by atoms with Gasteiger partial charge in [0.15, 0.2) is 0 Å². The summed E-state index contributed by atoms with van der Waals surface area (Å²) in [5.41, 5.74) is 2.16. The molecule has 0 aliphatic carbocycles. The molecule has 0 aliphatic heterocycles. The lowest BCUT2D eigenvalue weighted by Crippen LogP contribution is -2.26. The molecule has 1 aromatic heterocycles. The lowest BCUT2D eigenvalue weighted by atomic mass is 10.1. The summed E-state index contributed by atoms with van der Waals surface area (Å²) in [6.45, 7) is 6.16. The summed E-state index contributed by atoms with van der Waals surface area (Å²) in [6.07, 6.45) is 2.09. The van der Waals surface area contributed by atoms with Gasteiger partial charge in [-0.1, -0.05) is 13.3 Å². The average Bonchev–Trinajstić information content (AvgIpc) is 2.95. The average molecular weight is 347 g/mol. The first-order chi connectivity index (χ1) is 11.5. The number of carbonyl (C=O) groups excluding carboxylic acids is 1. The van der Waals surface area contributed by atoms with Crippen molar-refractivity contribution in [3.63, 3.8) is 0 Å². The summed E-state index contributed by atoms with van der Waals surface area (Å²) in [5.74, 6) is 1.42. The van der Waals surface area contributed by atoms with E-state index in [1.54, 1.807) is 25.6 Å². The van der Waals surface area contributed by atoms with Crippen LogP contribution in [0.5, 0.6) is 11.5 Å². The van der Waals surface area contributed by atoms with E-state index in [0.717, 1.165) is 34.8 Å². The second-order valence-corrected chi connectivity index (χ2v) is 7.00. The van der Waals surface area contributed by atoms with Crippen LogP contribution in [0.1, 0.15) is 52.0 Å². The first kappa shape index (κ1) is 18.3. The Kier molecular flexibility index (Phi) is 6.26. The standard InChI is InChI=1S/C19H25NO3S/c1-6-7-14-10-18(24-13(14)3)19(21)20-12(2)16-11-15(22-4)8-9-17(16)23-5/h8-12H,6-7H2,1-5H3,(H,20,21). The molecule has 0 fully saturated rings. The number of aryl methyl sites for hydroxylation is 2. The van der Waals surface area contributed by atoms with Crippen molar-refractivity contribution in [3.8, 4) is 11.5 Å². The number of carbonyl (C=O) groups is 1. The van der Waals surface area contributed by atoms with Crippen LogP contribution in [0.3, 0.4) is 0 Å². The van der Waals surface area contributed by atoms with Crippen LogP contribution < -0.4 is 14.8 Å². The molecule has 0 aliphatic rings. The highest BCUT2D eigenvalue weighted by atomic mass is 32.1. The maximum absolute atomic E-state index is 12.6. The summed E-state index contributed by atoms with van der Waals surface area (Å²) in [5, 5.41) is 3.06. The molecular formula is C19H25NO3S. The van der Waals surface area contributed by atoms with Crippen molar-refractivity contribution in [1.82, 2.24) is 5.32 Å². The molecule has 0 saturated carbocycles. The lowest BCUT2D eigenvalue weighted by Gasteiger charge is -2.18. The van der Waals surface area contributed by atoms with E-state index < -0.39 is 0 Å². The number of methoxy groups -OCH3 is 2. The van der Waals surface area contributed by atoms with Crippen LogP contribution in [0.4, 0.5) is 0 Å². The molecule has 24 heavy (non-hydrogen) atoms. The number of rotatable bonds is 7. The predicted molar refractivity (Wildman–Crippen MR) is 98.5 cm³/mol. The monoisotopic (exact) mass is 347 g/mol. The normalized spacial score (nSPS) is 11.9. The highest BCUT2D eigenvalue weighted by molar-refractivity contribution is 7.14.